The molecule has 1 fully saturated rings. The Kier molecular flexibility index (Phi) is 1.94. The highest BCUT2D eigenvalue weighted by Crippen LogP contribution is 2.34. The Hall–Kier alpha value is -0.380. The third-order valence-electron chi connectivity index (χ3n) is 2.44. The van der Waals surface area contributed by atoms with Crippen molar-refractivity contribution in [2.45, 2.75) is 44.9 Å². The summed E-state index contributed by atoms with van der Waals surface area (Å²) >= 11 is 0. The molecule has 0 aromatic carbocycles. The van der Waals surface area contributed by atoms with E-state index in [2.05, 4.69) is 0 Å². The molecule has 4 unspecified atom stereocenters. The fourth-order valence-corrected chi connectivity index (χ4v) is 1.89. The van der Waals surface area contributed by atoms with Crippen molar-refractivity contribution in [1.82, 2.24) is 0 Å². The monoisotopic (exact) mass is 170 g/mol. The van der Waals surface area contributed by atoms with E-state index in [1.54, 1.807) is 6.92 Å². The van der Waals surface area contributed by atoms with Crippen molar-refractivity contribution < 1.29 is 14.6 Å². The maximum Gasteiger partial charge on any atom is 0.156 e. The van der Waals surface area contributed by atoms with Gasteiger partial charge in [0, 0.05) is 0 Å². The van der Waals surface area contributed by atoms with E-state index in [1.165, 1.54) is 0 Å². The molecule has 1 aliphatic carbocycles. The highest BCUT2D eigenvalue weighted by molar-refractivity contribution is 5.22. The molecule has 0 spiro atoms. The Morgan fingerprint density at radius 3 is 3.00 bits per heavy atom. The van der Waals surface area contributed by atoms with Crippen molar-refractivity contribution in [3.63, 3.8) is 0 Å². The average molecular weight is 170 g/mol. The predicted molar refractivity (Wildman–Crippen MR) is 43.6 cm³/mol. The van der Waals surface area contributed by atoms with Gasteiger partial charge in [-0.15, -0.1) is 0 Å². The zero-order valence-electron chi connectivity index (χ0n) is 7.36. The van der Waals surface area contributed by atoms with Gasteiger partial charge < -0.3 is 14.6 Å². The van der Waals surface area contributed by atoms with Crippen molar-refractivity contribution in [3.8, 4) is 0 Å². The van der Waals surface area contributed by atoms with Crippen LogP contribution in [-0.2, 0) is 9.47 Å². The normalized spacial score (nSPS) is 42.6. The molecule has 3 heteroatoms. The van der Waals surface area contributed by atoms with Crippen LogP contribution in [0.15, 0.2) is 11.6 Å². The first-order valence-electron chi connectivity index (χ1n) is 4.37. The lowest BCUT2D eigenvalue weighted by molar-refractivity contribution is -0.0503. The van der Waals surface area contributed by atoms with Crippen LogP contribution in [0.4, 0.5) is 0 Å². The van der Waals surface area contributed by atoms with Crippen LogP contribution in [0.5, 0.6) is 0 Å². The SMILES string of the molecule is CC1OC2CC=C(C(C)O)C2O1. The zero-order valence-corrected chi connectivity index (χ0v) is 7.36. The maximum absolute atomic E-state index is 9.38. The number of hydrogen-bond donors (Lipinski definition) is 1. The number of rotatable bonds is 1. The summed E-state index contributed by atoms with van der Waals surface area (Å²) in [4.78, 5) is 0. The highest BCUT2D eigenvalue weighted by atomic mass is 16.7. The van der Waals surface area contributed by atoms with Gasteiger partial charge in [0.2, 0.25) is 0 Å². The van der Waals surface area contributed by atoms with Gasteiger partial charge in [-0.3, -0.25) is 0 Å². The fourth-order valence-electron chi connectivity index (χ4n) is 1.89. The number of fused-ring (bicyclic) bond motifs is 1. The second-order valence-corrected chi connectivity index (χ2v) is 3.41. The molecule has 0 amide bonds. The molecule has 2 rings (SSSR count). The maximum atomic E-state index is 9.38. The number of ether oxygens (including phenoxy) is 2. The Bertz CT molecular complexity index is 210. The van der Waals surface area contributed by atoms with Gasteiger partial charge in [-0.1, -0.05) is 6.08 Å². The Labute approximate surface area is 72.0 Å². The topological polar surface area (TPSA) is 38.7 Å². The van der Waals surface area contributed by atoms with Gasteiger partial charge in [0.05, 0.1) is 12.2 Å². The van der Waals surface area contributed by atoms with Crippen molar-refractivity contribution >= 4 is 0 Å². The molecule has 0 aromatic heterocycles. The molecule has 1 N–H and O–H groups in total. The zero-order chi connectivity index (χ0) is 8.72. The second kappa shape index (κ2) is 2.83. The molecule has 4 atom stereocenters. The van der Waals surface area contributed by atoms with Gasteiger partial charge in [-0.2, -0.15) is 0 Å². The fraction of sp³-hybridized carbons (Fsp3) is 0.778. The van der Waals surface area contributed by atoms with Crippen LogP contribution in [0.1, 0.15) is 20.3 Å². The lowest BCUT2D eigenvalue weighted by atomic mass is 10.1. The Morgan fingerprint density at radius 2 is 2.33 bits per heavy atom. The van der Waals surface area contributed by atoms with Gasteiger partial charge in [-0.25, -0.2) is 0 Å². The predicted octanol–water partition coefficient (Wildman–Crippen LogP) is 0.827. The van der Waals surface area contributed by atoms with E-state index < -0.39 is 6.10 Å². The summed E-state index contributed by atoms with van der Waals surface area (Å²) < 4.78 is 11.0. The molecule has 0 bridgehead atoms. The van der Waals surface area contributed by atoms with Crippen LogP contribution in [0.3, 0.4) is 0 Å². The van der Waals surface area contributed by atoms with E-state index in [0.29, 0.717) is 0 Å². The smallest absolute Gasteiger partial charge is 0.156 e. The van der Waals surface area contributed by atoms with Gasteiger partial charge in [-0.05, 0) is 25.8 Å². The van der Waals surface area contributed by atoms with E-state index in [0.717, 1.165) is 12.0 Å². The van der Waals surface area contributed by atoms with E-state index >= 15 is 0 Å². The van der Waals surface area contributed by atoms with Crippen LogP contribution in [0.2, 0.25) is 0 Å². The summed E-state index contributed by atoms with van der Waals surface area (Å²) in [5.74, 6) is 0. The largest absolute Gasteiger partial charge is 0.389 e. The third-order valence-corrected chi connectivity index (χ3v) is 2.44. The van der Waals surface area contributed by atoms with Crippen LogP contribution in [0.25, 0.3) is 0 Å². The summed E-state index contributed by atoms with van der Waals surface area (Å²) in [7, 11) is 0. The van der Waals surface area contributed by atoms with Crippen LogP contribution < -0.4 is 0 Å². The molecule has 1 aliphatic heterocycles. The molecule has 1 heterocycles. The highest BCUT2D eigenvalue weighted by Gasteiger charge is 2.40. The van der Waals surface area contributed by atoms with Crippen molar-refractivity contribution in [3.05, 3.63) is 11.6 Å². The van der Waals surface area contributed by atoms with Gasteiger partial charge in [0.15, 0.2) is 6.29 Å². The van der Waals surface area contributed by atoms with E-state index in [1.807, 2.05) is 13.0 Å². The van der Waals surface area contributed by atoms with Crippen molar-refractivity contribution in [1.29, 1.82) is 0 Å². The third kappa shape index (κ3) is 1.18. The minimum atomic E-state index is -0.408. The minimum absolute atomic E-state index is 0.000000000000000222. The lowest BCUT2D eigenvalue weighted by Gasteiger charge is -2.14. The molecule has 0 aromatic rings. The first-order valence-corrected chi connectivity index (χ1v) is 4.37. The van der Waals surface area contributed by atoms with Crippen molar-refractivity contribution in [2.75, 3.05) is 0 Å². The van der Waals surface area contributed by atoms with Gasteiger partial charge in [0.1, 0.15) is 6.10 Å². The van der Waals surface area contributed by atoms with Crippen molar-refractivity contribution in [2.24, 2.45) is 0 Å². The molecule has 1 saturated heterocycles. The van der Waals surface area contributed by atoms with Crippen LogP contribution in [0, 0.1) is 0 Å². The molecular weight excluding hydrogens is 156 g/mol. The van der Waals surface area contributed by atoms with Crippen LogP contribution in [-0.4, -0.2) is 29.7 Å². The quantitative estimate of drug-likeness (QED) is 0.592. The number of aliphatic hydroxyl groups excluding tert-OH is 1. The second-order valence-electron chi connectivity index (χ2n) is 3.41. The molecule has 0 radical (unpaired) electrons. The van der Waals surface area contributed by atoms with Gasteiger partial charge >= 0.3 is 0 Å². The number of aliphatic hydroxyl groups is 1. The standard InChI is InChI=1S/C9H14O3/c1-5(10)7-3-4-8-9(7)12-6(2)11-8/h3,5-6,8-10H,4H2,1-2H3. The van der Waals surface area contributed by atoms with Crippen LogP contribution >= 0.6 is 0 Å². The molecular formula is C9H14O3. The summed E-state index contributed by atoms with van der Waals surface area (Å²) in [6, 6.07) is 0. The summed E-state index contributed by atoms with van der Waals surface area (Å²) in [6.45, 7) is 3.65. The van der Waals surface area contributed by atoms with E-state index in [9.17, 15) is 5.11 Å². The summed E-state index contributed by atoms with van der Waals surface area (Å²) in [6.07, 6.45) is 2.50. The van der Waals surface area contributed by atoms with Gasteiger partial charge in [0.25, 0.3) is 0 Å². The minimum Gasteiger partial charge on any atom is -0.389 e. The Morgan fingerprint density at radius 1 is 1.58 bits per heavy atom. The first-order chi connectivity index (χ1) is 5.68. The molecule has 2 aliphatic rings. The molecule has 0 saturated carbocycles. The summed E-state index contributed by atoms with van der Waals surface area (Å²) in [5.41, 5.74) is 0.976. The van der Waals surface area contributed by atoms with E-state index in [-0.39, 0.29) is 18.5 Å². The molecule has 68 valence electrons. The number of hydrogen-bond acceptors (Lipinski definition) is 3. The Balaban J connectivity index is 2.10. The molecule has 3 nitrogen and oxygen atoms in total. The lowest BCUT2D eigenvalue weighted by Crippen LogP contribution is -2.23. The molecule has 12 heavy (non-hydrogen) atoms. The first kappa shape index (κ1) is 8.23. The summed E-state index contributed by atoms with van der Waals surface area (Å²) in [5, 5.41) is 9.38. The van der Waals surface area contributed by atoms with E-state index in [4.69, 9.17) is 9.47 Å². The average Bonchev–Trinajstić information content (AvgIpc) is 2.43.